The number of imidazole rings is 1. The van der Waals surface area contributed by atoms with Crippen molar-refractivity contribution in [1.29, 1.82) is 0 Å². The van der Waals surface area contributed by atoms with Crippen LogP contribution in [-0.2, 0) is 22.6 Å². The van der Waals surface area contributed by atoms with Gasteiger partial charge in [0.15, 0.2) is 0 Å². The first-order valence-electron chi connectivity index (χ1n) is 9.26. The number of aromatic nitrogens is 2. The highest BCUT2D eigenvalue weighted by Gasteiger charge is 2.20. The highest BCUT2D eigenvalue weighted by molar-refractivity contribution is 5.80. The predicted octanol–water partition coefficient (Wildman–Crippen LogP) is 3.18. The zero-order chi connectivity index (χ0) is 21.2. The van der Waals surface area contributed by atoms with Crippen molar-refractivity contribution in [2.45, 2.75) is 39.5 Å². The quantitative estimate of drug-likeness (QED) is 0.494. The third-order valence-electron chi connectivity index (χ3n) is 4.39. The first kappa shape index (κ1) is 20.3. The van der Waals surface area contributed by atoms with Crippen LogP contribution < -0.4 is 10.4 Å². The molecule has 0 atom stereocenters. The summed E-state index contributed by atoms with van der Waals surface area (Å²) in [6.07, 6.45) is 5.54. The number of benzene rings is 2. The van der Waals surface area contributed by atoms with E-state index in [1.807, 2.05) is 24.3 Å². The fourth-order valence-corrected chi connectivity index (χ4v) is 3.13. The minimum absolute atomic E-state index is 0.169. The fourth-order valence-electron chi connectivity index (χ4n) is 3.13. The summed E-state index contributed by atoms with van der Waals surface area (Å²) in [4.78, 5) is 25.5. The van der Waals surface area contributed by atoms with E-state index in [0.29, 0.717) is 23.1 Å². The normalized spacial score (nSPS) is 11.3. The van der Waals surface area contributed by atoms with Crippen LogP contribution in [0.5, 0.6) is 5.75 Å². The van der Waals surface area contributed by atoms with Gasteiger partial charge in [0.05, 0.1) is 24.7 Å². The summed E-state index contributed by atoms with van der Waals surface area (Å²) < 4.78 is 13.6. The van der Waals surface area contributed by atoms with Crippen LogP contribution in [0.1, 0.15) is 31.9 Å². The van der Waals surface area contributed by atoms with Crippen LogP contribution in [0.3, 0.4) is 0 Å². The Labute approximate surface area is 169 Å². The van der Waals surface area contributed by atoms with Crippen molar-refractivity contribution in [3.63, 3.8) is 0 Å². The molecule has 0 bridgehead atoms. The van der Waals surface area contributed by atoms with Gasteiger partial charge in [-0.3, -0.25) is 13.9 Å². The van der Waals surface area contributed by atoms with Gasteiger partial charge in [-0.2, -0.15) is 0 Å². The van der Waals surface area contributed by atoms with Crippen molar-refractivity contribution >= 4 is 17.0 Å². The second-order valence-corrected chi connectivity index (χ2v) is 7.74. The molecule has 6 heteroatoms. The van der Waals surface area contributed by atoms with E-state index in [1.165, 1.54) is 4.57 Å². The van der Waals surface area contributed by atoms with Crippen LogP contribution in [0.25, 0.3) is 11.0 Å². The fraction of sp³-hybridized carbons (Fsp3) is 0.304. The Balaban J connectivity index is 2.06. The number of nitrogens with zero attached hydrogens (tertiary/aromatic N) is 2. The number of terminal acetylenes is 1. The molecule has 3 rings (SSSR count). The van der Waals surface area contributed by atoms with Gasteiger partial charge in [0, 0.05) is 5.56 Å². The van der Waals surface area contributed by atoms with E-state index in [4.69, 9.17) is 15.9 Å². The van der Waals surface area contributed by atoms with Crippen molar-refractivity contribution in [1.82, 2.24) is 9.13 Å². The molecule has 2 aromatic carbocycles. The number of rotatable bonds is 5. The number of carbonyl (C=O) groups is 1. The third kappa shape index (κ3) is 4.52. The van der Waals surface area contributed by atoms with Crippen molar-refractivity contribution in [3.05, 3.63) is 64.1 Å². The van der Waals surface area contributed by atoms with E-state index in [9.17, 15) is 9.59 Å². The molecule has 0 aliphatic heterocycles. The lowest BCUT2D eigenvalue weighted by Gasteiger charge is -2.19. The van der Waals surface area contributed by atoms with Gasteiger partial charge in [-0.1, -0.05) is 18.1 Å². The average Bonchev–Trinajstić information content (AvgIpc) is 2.92. The standard InChI is InChI=1S/C23H24N2O4/c1-6-16-9-12-19-20(13-16)24(14-17-7-10-18(28-5)11-8-17)22(27)25(19)15-21(26)29-23(2,3)4/h1,7-13H,14-15H2,2-5H3. The number of ether oxygens (including phenoxy) is 2. The van der Waals surface area contributed by atoms with Crippen molar-refractivity contribution in [3.8, 4) is 18.1 Å². The lowest BCUT2D eigenvalue weighted by Crippen LogP contribution is -2.31. The van der Waals surface area contributed by atoms with Gasteiger partial charge in [0.1, 0.15) is 17.9 Å². The summed E-state index contributed by atoms with van der Waals surface area (Å²) in [7, 11) is 1.60. The van der Waals surface area contributed by atoms with Crippen molar-refractivity contribution in [2.24, 2.45) is 0 Å². The SMILES string of the molecule is C#Cc1ccc2c(c1)n(Cc1ccc(OC)cc1)c(=O)n2CC(=O)OC(C)(C)C. The molecule has 0 aliphatic rings. The molecular formula is C23H24N2O4. The Bertz CT molecular complexity index is 1140. The number of hydrogen-bond donors (Lipinski definition) is 0. The van der Waals surface area contributed by atoms with E-state index in [0.717, 1.165) is 11.3 Å². The Hall–Kier alpha value is -3.46. The molecule has 29 heavy (non-hydrogen) atoms. The molecule has 0 amide bonds. The van der Waals surface area contributed by atoms with E-state index >= 15 is 0 Å². The van der Waals surface area contributed by atoms with Gasteiger partial charge in [0.25, 0.3) is 0 Å². The number of fused-ring (bicyclic) bond motifs is 1. The van der Waals surface area contributed by atoms with E-state index in [2.05, 4.69) is 5.92 Å². The molecule has 0 radical (unpaired) electrons. The Morgan fingerprint density at radius 3 is 2.34 bits per heavy atom. The van der Waals surface area contributed by atoms with Crippen LogP contribution in [0.4, 0.5) is 0 Å². The van der Waals surface area contributed by atoms with Crippen LogP contribution in [0.2, 0.25) is 0 Å². The second kappa shape index (κ2) is 7.88. The average molecular weight is 392 g/mol. The minimum atomic E-state index is -0.626. The Morgan fingerprint density at radius 2 is 1.76 bits per heavy atom. The third-order valence-corrected chi connectivity index (χ3v) is 4.39. The molecule has 6 nitrogen and oxygen atoms in total. The molecular weight excluding hydrogens is 368 g/mol. The van der Waals surface area contributed by atoms with Crippen LogP contribution in [-0.4, -0.2) is 27.8 Å². The zero-order valence-electron chi connectivity index (χ0n) is 17.1. The summed E-state index contributed by atoms with van der Waals surface area (Å²) >= 11 is 0. The number of esters is 1. The summed E-state index contributed by atoms with van der Waals surface area (Å²) in [6.45, 7) is 5.55. The topological polar surface area (TPSA) is 62.5 Å². The molecule has 0 aliphatic carbocycles. The summed E-state index contributed by atoms with van der Waals surface area (Å²) in [5.41, 5.74) is 1.97. The van der Waals surface area contributed by atoms with E-state index in [-0.39, 0.29) is 12.2 Å². The maximum atomic E-state index is 13.2. The highest BCUT2D eigenvalue weighted by Crippen LogP contribution is 2.19. The summed E-state index contributed by atoms with van der Waals surface area (Å²) in [6, 6.07) is 12.8. The molecule has 0 fully saturated rings. The smallest absolute Gasteiger partial charge is 0.329 e. The molecule has 0 saturated heterocycles. The van der Waals surface area contributed by atoms with Gasteiger partial charge in [-0.25, -0.2) is 4.79 Å². The number of hydrogen-bond acceptors (Lipinski definition) is 4. The number of methoxy groups -OCH3 is 1. The maximum absolute atomic E-state index is 13.2. The Kier molecular flexibility index (Phi) is 5.51. The van der Waals surface area contributed by atoms with Gasteiger partial charge >= 0.3 is 11.7 Å². The second-order valence-electron chi connectivity index (χ2n) is 7.74. The lowest BCUT2D eigenvalue weighted by atomic mass is 10.2. The minimum Gasteiger partial charge on any atom is -0.497 e. The van der Waals surface area contributed by atoms with Crippen molar-refractivity contribution in [2.75, 3.05) is 7.11 Å². The van der Waals surface area contributed by atoms with Crippen LogP contribution >= 0.6 is 0 Å². The molecule has 3 aromatic rings. The van der Waals surface area contributed by atoms with Crippen LogP contribution in [0.15, 0.2) is 47.3 Å². The van der Waals surface area contributed by atoms with E-state index < -0.39 is 11.6 Å². The summed E-state index contributed by atoms with van der Waals surface area (Å²) in [5.74, 6) is 2.86. The molecule has 0 saturated carbocycles. The zero-order valence-corrected chi connectivity index (χ0v) is 17.1. The first-order valence-corrected chi connectivity index (χ1v) is 9.26. The Morgan fingerprint density at radius 1 is 1.07 bits per heavy atom. The summed E-state index contributed by atoms with van der Waals surface area (Å²) in [5, 5.41) is 0. The molecule has 1 aromatic heterocycles. The highest BCUT2D eigenvalue weighted by atomic mass is 16.6. The van der Waals surface area contributed by atoms with Crippen LogP contribution in [0, 0.1) is 12.3 Å². The maximum Gasteiger partial charge on any atom is 0.329 e. The van der Waals surface area contributed by atoms with Gasteiger partial charge in [-0.05, 0) is 56.7 Å². The number of carbonyl (C=O) groups excluding carboxylic acids is 1. The monoisotopic (exact) mass is 392 g/mol. The molecule has 0 spiro atoms. The first-order chi connectivity index (χ1) is 13.7. The van der Waals surface area contributed by atoms with Gasteiger partial charge < -0.3 is 9.47 Å². The predicted molar refractivity (Wildman–Crippen MR) is 112 cm³/mol. The molecule has 0 unspecified atom stereocenters. The molecule has 0 N–H and O–H groups in total. The van der Waals surface area contributed by atoms with Crippen molar-refractivity contribution < 1.29 is 14.3 Å². The largest absolute Gasteiger partial charge is 0.497 e. The van der Waals surface area contributed by atoms with E-state index in [1.54, 1.807) is 50.6 Å². The molecule has 150 valence electrons. The van der Waals surface area contributed by atoms with Gasteiger partial charge in [0.2, 0.25) is 0 Å². The lowest BCUT2D eigenvalue weighted by molar-refractivity contribution is -0.155. The van der Waals surface area contributed by atoms with Gasteiger partial charge in [-0.15, -0.1) is 6.42 Å². The molecule has 1 heterocycles.